The van der Waals surface area contributed by atoms with Gasteiger partial charge in [-0.1, -0.05) is 24.3 Å². The standard InChI is InChI=1S/C23H23N3O3S/c1-15-9-19(18-5-2-3-6-20(18)24-15)22(27)25-10-16-11-26(17(12-25)14-29-13-16)23(28)21-7-4-8-30-21/h2-9,16-17H,10-14H2,1H3/t16-,17-/m0/s1. The number of para-hydroxylation sites is 1. The van der Waals surface area contributed by atoms with E-state index >= 15 is 0 Å². The van der Waals surface area contributed by atoms with Crippen LogP contribution >= 0.6 is 11.3 Å². The first kappa shape index (κ1) is 19.2. The summed E-state index contributed by atoms with van der Waals surface area (Å²) in [6.45, 7) is 4.59. The average molecular weight is 422 g/mol. The highest BCUT2D eigenvalue weighted by Gasteiger charge is 2.38. The fraction of sp³-hybridized carbons (Fsp3) is 0.348. The summed E-state index contributed by atoms with van der Waals surface area (Å²) in [5, 5.41) is 2.78. The van der Waals surface area contributed by atoms with Crippen molar-refractivity contribution in [3.8, 4) is 0 Å². The molecular formula is C23H23N3O3S. The number of hydrogen-bond acceptors (Lipinski definition) is 5. The fourth-order valence-corrected chi connectivity index (χ4v) is 5.13. The second-order valence-electron chi connectivity index (χ2n) is 8.03. The van der Waals surface area contributed by atoms with Gasteiger partial charge in [0.25, 0.3) is 11.8 Å². The summed E-state index contributed by atoms with van der Waals surface area (Å²) in [7, 11) is 0. The summed E-state index contributed by atoms with van der Waals surface area (Å²) in [6.07, 6.45) is 0. The number of hydrogen-bond donors (Lipinski definition) is 0. The molecule has 1 aromatic carbocycles. The van der Waals surface area contributed by atoms with Gasteiger partial charge in [0.1, 0.15) is 0 Å². The Morgan fingerprint density at radius 2 is 1.93 bits per heavy atom. The number of rotatable bonds is 2. The first-order valence-electron chi connectivity index (χ1n) is 10.2. The van der Waals surface area contributed by atoms with Crippen molar-refractivity contribution < 1.29 is 14.3 Å². The van der Waals surface area contributed by atoms with Crippen molar-refractivity contribution >= 4 is 34.1 Å². The van der Waals surface area contributed by atoms with Gasteiger partial charge in [0.05, 0.1) is 35.2 Å². The van der Waals surface area contributed by atoms with E-state index in [9.17, 15) is 9.59 Å². The lowest BCUT2D eigenvalue weighted by molar-refractivity contribution is 0.0383. The molecule has 2 amide bonds. The first-order chi connectivity index (χ1) is 14.6. The summed E-state index contributed by atoms with van der Waals surface area (Å²) >= 11 is 1.45. The second kappa shape index (κ2) is 7.81. The van der Waals surface area contributed by atoms with Crippen LogP contribution in [0.1, 0.15) is 25.7 Å². The summed E-state index contributed by atoms with van der Waals surface area (Å²) in [6, 6.07) is 13.2. The highest BCUT2D eigenvalue weighted by atomic mass is 32.1. The van der Waals surface area contributed by atoms with Crippen LogP contribution in [0.4, 0.5) is 0 Å². The molecule has 2 atom stereocenters. The fourth-order valence-electron chi connectivity index (χ4n) is 4.45. The molecule has 2 fully saturated rings. The van der Waals surface area contributed by atoms with Crippen molar-refractivity contribution in [3.63, 3.8) is 0 Å². The minimum absolute atomic E-state index is 0.000905. The van der Waals surface area contributed by atoms with E-state index in [1.165, 1.54) is 11.3 Å². The molecule has 2 aromatic heterocycles. The Balaban J connectivity index is 1.47. The third kappa shape index (κ3) is 3.48. The molecule has 0 N–H and O–H groups in total. The number of aromatic nitrogens is 1. The normalized spacial score (nSPS) is 21.5. The molecule has 0 aliphatic carbocycles. The van der Waals surface area contributed by atoms with E-state index in [1.807, 2.05) is 64.6 Å². The first-order valence-corrected chi connectivity index (χ1v) is 11.1. The van der Waals surface area contributed by atoms with E-state index < -0.39 is 0 Å². The van der Waals surface area contributed by atoms with Crippen molar-refractivity contribution in [2.75, 3.05) is 32.8 Å². The van der Waals surface area contributed by atoms with Gasteiger partial charge in [-0.25, -0.2) is 0 Å². The van der Waals surface area contributed by atoms with Crippen LogP contribution in [0.2, 0.25) is 0 Å². The lowest BCUT2D eigenvalue weighted by Gasteiger charge is -2.31. The van der Waals surface area contributed by atoms with E-state index in [2.05, 4.69) is 4.98 Å². The molecule has 0 radical (unpaired) electrons. The second-order valence-corrected chi connectivity index (χ2v) is 8.98. The number of carbonyl (C=O) groups is 2. The topological polar surface area (TPSA) is 62.7 Å². The van der Waals surface area contributed by atoms with Gasteiger partial charge in [-0.3, -0.25) is 14.6 Å². The molecule has 2 saturated heterocycles. The largest absolute Gasteiger partial charge is 0.379 e. The number of benzene rings is 1. The zero-order valence-electron chi connectivity index (χ0n) is 16.8. The van der Waals surface area contributed by atoms with Gasteiger partial charge in [0.2, 0.25) is 0 Å². The number of thiophene rings is 1. The van der Waals surface area contributed by atoms with Crippen molar-refractivity contribution in [2.45, 2.75) is 13.0 Å². The van der Waals surface area contributed by atoms with Gasteiger partial charge in [0, 0.05) is 36.6 Å². The van der Waals surface area contributed by atoms with Crippen LogP contribution in [-0.2, 0) is 4.74 Å². The van der Waals surface area contributed by atoms with Crippen LogP contribution in [-0.4, -0.2) is 65.5 Å². The molecule has 0 unspecified atom stereocenters. The Labute approximate surface area is 179 Å². The summed E-state index contributed by atoms with van der Waals surface area (Å²) in [4.78, 5) is 35.8. The molecular weight excluding hydrogens is 398 g/mol. The van der Waals surface area contributed by atoms with Gasteiger partial charge < -0.3 is 14.5 Å². The monoisotopic (exact) mass is 421 g/mol. The smallest absolute Gasteiger partial charge is 0.264 e. The lowest BCUT2D eigenvalue weighted by atomic mass is 10.0. The zero-order valence-corrected chi connectivity index (χ0v) is 17.6. The predicted molar refractivity (Wildman–Crippen MR) is 116 cm³/mol. The Morgan fingerprint density at radius 1 is 1.07 bits per heavy atom. The molecule has 30 heavy (non-hydrogen) atoms. The maximum absolute atomic E-state index is 13.6. The van der Waals surface area contributed by atoms with Gasteiger partial charge in [-0.2, -0.15) is 0 Å². The van der Waals surface area contributed by atoms with Crippen molar-refractivity contribution in [3.05, 3.63) is 64.0 Å². The number of pyridine rings is 1. The molecule has 5 rings (SSSR count). The maximum Gasteiger partial charge on any atom is 0.264 e. The Hall–Kier alpha value is -2.77. The van der Waals surface area contributed by atoms with Crippen LogP contribution in [0.5, 0.6) is 0 Å². The zero-order chi connectivity index (χ0) is 20.7. The van der Waals surface area contributed by atoms with E-state index in [-0.39, 0.29) is 23.8 Å². The average Bonchev–Trinajstić information content (AvgIpc) is 3.12. The number of aryl methyl sites for hydroxylation is 1. The molecule has 6 nitrogen and oxygen atoms in total. The van der Waals surface area contributed by atoms with E-state index in [0.717, 1.165) is 21.5 Å². The quantitative estimate of drug-likeness (QED) is 0.637. The third-order valence-electron chi connectivity index (χ3n) is 5.82. The van der Waals surface area contributed by atoms with E-state index in [1.54, 1.807) is 0 Å². The Bertz CT molecular complexity index is 1100. The van der Waals surface area contributed by atoms with Crippen molar-refractivity contribution in [2.24, 2.45) is 5.92 Å². The van der Waals surface area contributed by atoms with E-state index in [0.29, 0.717) is 38.4 Å². The van der Waals surface area contributed by atoms with Crippen molar-refractivity contribution in [1.29, 1.82) is 0 Å². The van der Waals surface area contributed by atoms with Crippen LogP contribution in [0.15, 0.2) is 47.8 Å². The summed E-state index contributed by atoms with van der Waals surface area (Å²) < 4.78 is 5.84. The molecule has 4 heterocycles. The Kier molecular flexibility index (Phi) is 5.00. The van der Waals surface area contributed by atoms with Crippen LogP contribution < -0.4 is 0 Å². The highest BCUT2D eigenvalue weighted by Crippen LogP contribution is 2.26. The minimum Gasteiger partial charge on any atom is -0.379 e. The van der Waals surface area contributed by atoms with Crippen molar-refractivity contribution in [1.82, 2.24) is 14.8 Å². The third-order valence-corrected chi connectivity index (χ3v) is 6.68. The van der Waals surface area contributed by atoms with E-state index in [4.69, 9.17) is 4.74 Å². The molecule has 2 aliphatic heterocycles. The summed E-state index contributed by atoms with van der Waals surface area (Å²) in [5.74, 6) is 0.128. The van der Waals surface area contributed by atoms with Crippen LogP contribution in [0.3, 0.4) is 0 Å². The highest BCUT2D eigenvalue weighted by molar-refractivity contribution is 7.12. The lowest BCUT2D eigenvalue weighted by Crippen LogP contribution is -2.47. The Morgan fingerprint density at radius 3 is 2.77 bits per heavy atom. The number of nitrogens with zero attached hydrogens (tertiary/aromatic N) is 3. The SMILES string of the molecule is Cc1cc(C(=O)N2C[C@@H]3COC[C@H](C2)N(C(=O)c2cccs2)C3)c2ccccc2n1. The van der Waals surface area contributed by atoms with Gasteiger partial charge in [-0.15, -0.1) is 11.3 Å². The molecule has 0 spiro atoms. The summed E-state index contributed by atoms with van der Waals surface area (Å²) in [5.41, 5.74) is 2.33. The molecule has 7 heteroatoms. The number of fused-ring (bicyclic) bond motifs is 4. The molecule has 0 saturated carbocycles. The van der Waals surface area contributed by atoms with Gasteiger partial charge in [0.15, 0.2) is 0 Å². The van der Waals surface area contributed by atoms with Crippen LogP contribution in [0, 0.1) is 12.8 Å². The minimum atomic E-state index is -0.148. The van der Waals surface area contributed by atoms with Gasteiger partial charge >= 0.3 is 0 Å². The predicted octanol–water partition coefficient (Wildman–Crippen LogP) is 3.22. The number of amides is 2. The molecule has 154 valence electrons. The molecule has 3 aromatic rings. The maximum atomic E-state index is 13.6. The van der Waals surface area contributed by atoms with Crippen LogP contribution in [0.25, 0.3) is 10.9 Å². The molecule has 2 bridgehead atoms. The number of carbonyl (C=O) groups excluding carboxylic acids is 2. The number of ether oxygens (including phenoxy) is 1. The van der Waals surface area contributed by atoms with Gasteiger partial charge in [-0.05, 0) is 30.5 Å². The molecule has 2 aliphatic rings.